The monoisotopic (exact) mass is 243 g/mol. The third kappa shape index (κ3) is 1.50. The lowest BCUT2D eigenvalue weighted by molar-refractivity contribution is 1.05. The summed E-state index contributed by atoms with van der Waals surface area (Å²) in [6, 6.07) is 9.65. The van der Waals surface area contributed by atoms with Crippen molar-refractivity contribution in [3.05, 3.63) is 41.3 Å². The summed E-state index contributed by atoms with van der Waals surface area (Å²) in [6.45, 7) is 0. The molecule has 0 atom stereocenters. The van der Waals surface area contributed by atoms with Crippen LogP contribution in [0, 0.1) is 4.77 Å². The molecule has 17 heavy (non-hydrogen) atoms. The Balaban J connectivity index is 2.43. The van der Waals surface area contributed by atoms with E-state index in [4.69, 9.17) is 18.0 Å². The third-order valence-corrected chi connectivity index (χ3v) is 2.84. The molecule has 0 bridgehead atoms. The van der Waals surface area contributed by atoms with Gasteiger partial charge >= 0.3 is 0 Å². The lowest BCUT2D eigenvalue weighted by atomic mass is 10.2. The van der Waals surface area contributed by atoms with Crippen molar-refractivity contribution < 1.29 is 0 Å². The van der Waals surface area contributed by atoms with E-state index in [9.17, 15) is 0 Å². The van der Waals surface area contributed by atoms with Crippen LogP contribution >= 0.6 is 12.2 Å². The second-order valence-corrected chi connectivity index (χ2v) is 3.96. The number of pyridine rings is 1. The molecule has 0 aliphatic rings. The number of aromatic amines is 1. The Morgan fingerprint density at radius 2 is 2.12 bits per heavy atom. The topological polar surface area (TPSA) is 72.5 Å². The van der Waals surface area contributed by atoms with Crippen LogP contribution in [0.1, 0.15) is 0 Å². The van der Waals surface area contributed by atoms with Crippen molar-refractivity contribution in [1.29, 1.82) is 0 Å². The molecular weight excluding hydrogens is 234 g/mol. The maximum atomic E-state index is 5.80. The highest BCUT2D eigenvalue weighted by Gasteiger charge is 2.08. The third-order valence-electron chi connectivity index (χ3n) is 2.56. The van der Waals surface area contributed by atoms with Crippen LogP contribution in [-0.4, -0.2) is 19.7 Å². The standard InChI is InChI=1S/C11H9N5S/c12-10-14-15-11(17)16(10)9-5-1-4-8-7(9)3-2-6-13-8/h1-6H,(H2,12,14)(H,15,17). The molecule has 2 aromatic heterocycles. The number of hydrogen-bond acceptors (Lipinski definition) is 4. The van der Waals surface area contributed by atoms with Crippen molar-refractivity contribution in [2.45, 2.75) is 0 Å². The summed E-state index contributed by atoms with van der Waals surface area (Å²) in [7, 11) is 0. The van der Waals surface area contributed by atoms with Gasteiger partial charge in [0.1, 0.15) is 0 Å². The fourth-order valence-corrected chi connectivity index (χ4v) is 2.06. The molecular formula is C11H9N5S. The van der Waals surface area contributed by atoms with Crippen LogP contribution < -0.4 is 5.73 Å². The Kier molecular flexibility index (Phi) is 2.15. The molecule has 0 spiro atoms. The molecule has 0 unspecified atom stereocenters. The average Bonchev–Trinajstić information content (AvgIpc) is 2.69. The summed E-state index contributed by atoms with van der Waals surface area (Å²) in [5, 5.41) is 7.56. The summed E-state index contributed by atoms with van der Waals surface area (Å²) in [5.74, 6) is 0.339. The number of hydrogen-bond donors (Lipinski definition) is 2. The van der Waals surface area contributed by atoms with E-state index in [-0.39, 0.29) is 0 Å². The molecule has 6 heteroatoms. The fraction of sp³-hybridized carbons (Fsp3) is 0. The van der Waals surface area contributed by atoms with Gasteiger partial charge in [-0.3, -0.25) is 9.55 Å². The Bertz CT molecular complexity index is 737. The Morgan fingerprint density at radius 1 is 1.24 bits per heavy atom. The van der Waals surface area contributed by atoms with Crippen LogP contribution in [-0.2, 0) is 0 Å². The van der Waals surface area contributed by atoms with Crippen LogP contribution in [0.25, 0.3) is 16.6 Å². The van der Waals surface area contributed by atoms with Gasteiger partial charge in [0, 0.05) is 11.6 Å². The number of nitrogens with two attached hydrogens (primary N) is 1. The highest BCUT2D eigenvalue weighted by atomic mass is 32.1. The quantitative estimate of drug-likeness (QED) is 0.642. The molecule has 0 aliphatic heterocycles. The first-order valence-corrected chi connectivity index (χ1v) is 5.45. The smallest absolute Gasteiger partial charge is 0.225 e. The molecule has 0 saturated carbocycles. The van der Waals surface area contributed by atoms with Crippen LogP contribution in [0.5, 0.6) is 0 Å². The van der Waals surface area contributed by atoms with Crippen molar-refractivity contribution in [3.8, 4) is 5.69 Å². The number of benzene rings is 1. The Labute approximate surface area is 102 Å². The molecule has 3 aromatic rings. The second kappa shape index (κ2) is 3.67. The van der Waals surface area contributed by atoms with Gasteiger partial charge in [0.05, 0.1) is 11.2 Å². The predicted octanol–water partition coefficient (Wildman–Crippen LogP) is 2.06. The number of H-pyrrole nitrogens is 1. The minimum Gasteiger partial charge on any atom is -0.368 e. The summed E-state index contributed by atoms with van der Waals surface area (Å²) >= 11 is 5.16. The molecule has 84 valence electrons. The molecule has 0 amide bonds. The number of nitrogens with zero attached hydrogens (tertiary/aromatic N) is 3. The van der Waals surface area contributed by atoms with E-state index in [0.29, 0.717) is 10.7 Å². The van der Waals surface area contributed by atoms with Crippen LogP contribution in [0.3, 0.4) is 0 Å². The first-order chi connectivity index (χ1) is 8.27. The summed E-state index contributed by atoms with van der Waals surface area (Å²) in [5.41, 5.74) is 7.58. The number of fused-ring (bicyclic) bond motifs is 1. The summed E-state index contributed by atoms with van der Waals surface area (Å²) in [4.78, 5) is 4.29. The highest BCUT2D eigenvalue weighted by Crippen LogP contribution is 2.22. The highest BCUT2D eigenvalue weighted by molar-refractivity contribution is 7.71. The zero-order valence-electron chi connectivity index (χ0n) is 8.79. The predicted molar refractivity (Wildman–Crippen MR) is 68.5 cm³/mol. The zero-order valence-corrected chi connectivity index (χ0v) is 9.61. The van der Waals surface area contributed by atoms with Crippen molar-refractivity contribution >= 4 is 29.1 Å². The molecule has 5 nitrogen and oxygen atoms in total. The number of nitrogen functional groups attached to an aromatic ring is 1. The molecule has 3 rings (SSSR count). The number of aromatic nitrogens is 4. The van der Waals surface area contributed by atoms with E-state index in [1.54, 1.807) is 10.8 Å². The molecule has 0 saturated heterocycles. The van der Waals surface area contributed by atoms with Gasteiger partial charge in [0.2, 0.25) is 10.7 Å². The zero-order chi connectivity index (χ0) is 11.8. The number of rotatable bonds is 1. The van der Waals surface area contributed by atoms with Crippen LogP contribution in [0.15, 0.2) is 36.5 Å². The number of anilines is 1. The van der Waals surface area contributed by atoms with Gasteiger partial charge in [0.15, 0.2) is 0 Å². The molecule has 3 N–H and O–H groups in total. The van der Waals surface area contributed by atoms with Gasteiger partial charge in [-0.1, -0.05) is 6.07 Å². The fourth-order valence-electron chi connectivity index (χ4n) is 1.82. The van der Waals surface area contributed by atoms with Crippen LogP contribution in [0.2, 0.25) is 0 Å². The molecule has 0 aliphatic carbocycles. The second-order valence-electron chi connectivity index (χ2n) is 3.57. The van der Waals surface area contributed by atoms with E-state index in [0.717, 1.165) is 16.6 Å². The summed E-state index contributed by atoms with van der Waals surface area (Å²) < 4.78 is 2.16. The van der Waals surface area contributed by atoms with Crippen molar-refractivity contribution in [2.75, 3.05) is 5.73 Å². The lowest BCUT2D eigenvalue weighted by Crippen LogP contribution is -2.01. The Morgan fingerprint density at radius 3 is 2.88 bits per heavy atom. The van der Waals surface area contributed by atoms with Gasteiger partial charge in [-0.2, -0.15) is 0 Å². The van der Waals surface area contributed by atoms with Crippen LogP contribution in [0.4, 0.5) is 5.95 Å². The van der Waals surface area contributed by atoms with Crippen molar-refractivity contribution in [3.63, 3.8) is 0 Å². The SMILES string of the molecule is Nc1n[nH]c(=S)n1-c1cccc2ncccc12. The first-order valence-electron chi connectivity index (χ1n) is 5.04. The first kappa shape index (κ1) is 9.98. The van der Waals surface area contributed by atoms with E-state index < -0.39 is 0 Å². The van der Waals surface area contributed by atoms with Gasteiger partial charge < -0.3 is 5.73 Å². The van der Waals surface area contributed by atoms with Gasteiger partial charge in [-0.25, -0.2) is 5.10 Å². The van der Waals surface area contributed by atoms with Crippen molar-refractivity contribution in [1.82, 2.24) is 19.7 Å². The largest absolute Gasteiger partial charge is 0.368 e. The average molecular weight is 243 g/mol. The number of nitrogens with one attached hydrogen (secondary N) is 1. The van der Waals surface area contributed by atoms with Gasteiger partial charge in [0.25, 0.3) is 0 Å². The minimum atomic E-state index is 0.339. The lowest BCUT2D eigenvalue weighted by Gasteiger charge is -2.07. The maximum absolute atomic E-state index is 5.80. The van der Waals surface area contributed by atoms with E-state index in [1.165, 1.54) is 0 Å². The molecule has 0 radical (unpaired) electrons. The normalized spacial score (nSPS) is 10.8. The maximum Gasteiger partial charge on any atom is 0.225 e. The molecule has 1 aromatic carbocycles. The van der Waals surface area contributed by atoms with E-state index in [2.05, 4.69) is 15.2 Å². The minimum absolute atomic E-state index is 0.339. The Hall–Kier alpha value is -2.21. The van der Waals surface area contributed by atoms with E-state index >= 15 is 0 Å². The summed E-state index contributed by atoms with van der Waals surface area (Å²) in [6.07, 6.45) is 1.75. The van der Waals surface area contributed by atoms with E-state index in [1.807, 2.05) is 30.3 Å². The molecule has 2 heterocycles. The van der Waals surface area contributed by atoms with Gasteiger partial charge in [-0.05, 0) is 36.5 Å². The van der Waals surface area contributed by atoms with Crippen molar-refractivity contribution in [2.24, 2.45) is 0 Å². The van der Waals surface area contributed by atoms with Gasteiger partial charge in [-0.15, -0.1) is 5.10 Å². The molecule has 0 fully saturated rings.